The fourth-order valence-electron chi connectivity index (χ4n) is 4.69. The van der Waals surface area contributed by atoms with E-state index >= 15 is 0 Å². The van der Waals surface area contributed by atoms with E-state index in [1.54, 1.807) is 42.6 Å². The Hall–Kier alpha value is -4.65. The molecule has 3 heterocycles. The number of rotatable bonds is 3. The summed E-state index contributed by atoms with van der Waals surface area (Å²) in [7, 11) is 0. The first-order chi connectivity index (χ1) is 17.1. The van der Waals surface area contributed by atoms with Gasteiger partial charge in [-0.15, -0.1) is 0 Å². The molecule has 2 aliphatic heterocycles. The van der Waals surface area contributed by atoms with E-state index in [-0.39, 0.29) is 11.3 Å². The third-order valence-electron chi connectivity index (χ3n) is 6.27. The van der Waals surface area contributed by atoms with Crippen molar-refractivity contribution in [1.29, 1.82) is 0 Å². The Morgan fingerprint density at radius 1 is 0.886 bits per heavy atom. The Kier molecular flexibility index (Phi) is 4.95. The second-order valence-electron chi connectivity index (χ2n) is 8.28. The fraction of sp³-hybridized carbons (Fsp3) is 0.107. The van der Waals surface area contributed by atoms with Crippen LogP contribution in [-0.2, 0) is 9.59 Å². The van der Waals surface area contributed by atoms with Gasteiger partial charge in [0.1, 0.15) is 24.8 Å². The zero-order chi connectivity index (χ0) is 23.9. The standard InChI is InChI=1S/C28H20N2O5/c31-26(18-11-12-21-22(16-18)35-15-14-34-21)24-25(20-9-5-7-17-6-1-2-8-19(17)20)30(28(33)27(24)32)23-10-3-4-13-29-23/h1-13,16,25,31H,14-15H2. The zero-order valence-electron chi connectivity index (χ0n) is 18.5. The predicted octanol–water partition coefficient (Wildman–Crippen LogP) is 4.63. The Bertz CT molecular complexity index is 1510. The number of hydrogen-bond donors (Lipinski definition) is 1. The SMILES string of the molecule is O=C1C(=O)N(c2ccccn2)C(c2cccc3ccccc23)C1=C(O)c1ccc2c(c1)OCCO2. The summed E-state index contributed by atoms with van der Waals surface area (Å²) in [6, 6.07) is 22.7. The van der Waals surface area contributed by atoms with Crippen molar-refractivity contribution in [1.82, 2.24) is 4.98 Å². The van der Waals surface area contributed by atoms with Crippen LogP contribution in [-0.4, -0.2) is 35.0 Å². The van der Waals surface area contributed by atoms with E-state index in [9.17, 15) is 14.7 Å². The molecule has 1 unspecified atom stereocenters. The number of aromatic nitrogens is 1. The highest BCUT2D eigenvalue weighted by Crippen LogP contribution is 2.44. The minimum Gasteiger partial charge on any atom is -0.507 e. The summed E-state index contributed by atoms with van der Waals surface area (Å²) in [5.74, 6) is -0.444. The second-order valence-corrected chi connectivity index (χ2v) is 8.28. The molecular formula is C28H20N2O5. The van der Waals surface area contributed by atoms with Crippen molar-refractivity contribution in [3.8, 4) is 11.5 Å². The first-order valence-electron chi connectivity index (χ1n) is 11.2. The maximum atomic E-state index is 13.4. The highest BCUT2D eigenvalue weighted by molar-refractivity contribution is 6.51. The minimum atomic E-state index is -0.871. The molecule has 1 aromatic heterocycles. The molecule has 172 valence electrons. The van der Waals surface area contributed by atoms with Crippen molar-refractivity contribution in [2.45, 2.75) is 6.04 Å². The topological polar surface area (TPSA) is 89.0 Å². The molecule has 1 fully saturated rings. The van der Waals surface area contributed by atoms with Crippen molar-refractivity contribution >= 4 is 34.0 Å². The molecule has 1 atom stereocenters. The maximum absolute atomic E-state index is 13.4. The summed E-state index contributed by atoms with van der Waals surface area (Å²) in [6.45, 7) is 0.825. The molecule has 0 spiro atoms. The number of ether oxygens (including phenoxy) is 2. The number of carbonyl (C=O) groups excluding carboxylic acids is 2. The molecule has 7 heteroatoms. The van der Waals surface area contributed by atoms with E-state index in [2.05, 4.69) is 4.98 Å². The largest absolute Gasteiger partial charge is 0.507 e. The molecule has 0 saturated carbocycles. The van der Waals surface area contributed by atoms with Crippen LogP contribution in [0.4, 0.5) is 5.82 Å². The lowest BCUT2D eigenvalue weighted by atomic mass is 9.91. The summed E-state index contributed by atoms with van der Waals surface area (Å²) in [5, 5.41) is 13.3. The van der Waals surface area contributed by atoms with Gasteiger partial charge in [-0.2, -0.15) is 0 Å². The van der Waals surface area contributed by atoms with Crippen LogP contribution in [0.25, 0.3) is 16.5 Å². The minimum absolute atomic E-state index is 0.00585. The maximum Gasteiger partial charge on any atom is 0.301 e. The Labute approximate surface area is 200 Å². The Balaban J connectivity index is 1.60. The average molecular weight is 464 g/mol. The van der Waals surface area contributed by atoms with Gasteiger partial charge in [0.15, 0.2) is 11.5 Å². The number of pyridine rings is 1. The van der Waals surface area contributed by atoms with Gasteiger partial charge in [-0.1, -0.05) is 48.5 Å². The third-order valence-corrected chi connectivity index (χ3v) is 6.27. The van der Waals surface area contributed by atoms with Crippen LogP contribution in [0.1, 0.15) is 17.2 Å². The normalized spacial score (nSPS) is 18.7. The van der Waals surface area contributed by atoms with Gasteiger partial charge >= 0.3 is 5.91 Å². The van der Waals surface area contributed by atoms with Gasteiger partial charge in [0.2, 0.25) is 0 Å². The van der Waals surface area contributed by atoms with Gasteiger partial charge in [-0.05, 0) is 46.7 Å². The number of amides is 1. The highest BCUT2D eigenvalue weighted by Gasteiger charge is 2.48. The van der Waals surface area contributed by atoms with Gasteiger partial charge in [-0.25, -0.2) is 4.98 Å². The third kappa shape index (κ3) is 3.40. The summed E-state index contributed by atoms with van der Waals surface area (Å²) >= 11 is 0. The number of carbonyl (C=O) groups is 2. The van der Waals surface area contributed by atoms with Crippen LogP contribution in [0.3, 0.4) is 0 Å². The lowest BCUT2D eigenvalue weighted by Crippen LogP contribution is -2.30. The second kappa shape index (κ2) is 8.29. The van der Waals surface area contributed by atoms with Crippen molar-refractivity contribution < 1.29 is 24.2 Å². The highest BCUT2D eigenvalue weighted by atomic mass is 16.6. The quantitative estimate of drug-likeness (QED) is 0.270. The predicted molar refractivity (Wildman–Crippen MR) is 130 cm³/mol. The molecule has 3 aromatic carbocycles. The van der Waals surface area contributed by atoms with Crippen LogP contribution in [0.15, 0.2) is 90.6 Å². The molecule has 1 saturated heterocycles. The van der Waals surface area contributed by atoms with E-state index in [0.717, 1.165) is 10.8 Å². The molecule has 0 aliphatic carbocycles. The van der Waals surface area contributed by atoms with Crippen LogP contribution < -0.4 is 14.4 Å². The molecule has 0 bridgehead atoms. The van der Waals surface area contributed by atoms with E-state index in [0.29, 0.717) is 41.7 Å². The molecule has 35 heavy (non-hydrogen) atoms. The molecule has 0 radical (unpaired) electrons. The molecular weight excluding hydrogens is 444 g/mol. The van der Waals surface area contributed by atoms with E-state index in [1.807, 2.05) is 42.5 Å². The van der Waals surface area contributed by atoms with Gasteiger partial charge < -0.3 is 14.6 Å². The van der Waals surface area contributed by atoms with Gasteiger partial charge in [-0.3, -0.25) is 14.5 Å². The summed E-state index contributed by atoms with van der Waals surface area (Å²) in [4.78, 5) is 32.5. The summed E-state index contributed by atoms with van der Waals surface area (Å²) in [5.41, 5.74) is 1.07. The van der Waals surface area contributed by atoms with Crippen molar-refractivity contribution in [3.63, 3.8) is 0 Å². The number of aliphatic hydroxyl groups excluding tert-OH is 1. The van der Waals surface area contributed by atoms with E-state index in [4.69, 9.17) is 9.47 Å². The number of aliphatic hydroxyl groups is 1. The molecule has 6 rings (SSSR count). The number of nitrogens with zero attached hydrogens (tertiary/aromatic N) is 2. The Morgan fingerprint density at radius 3 is 2.49 bits per heavy atom. The van der Waals surface area contributed by atoms with Crippen molar-refractivity contribution in [2.75, 3.05) is 18.1 Å². The number of fused-ring (bicyclic) bond motifs is 2. The van der Waals surface area contributed by atoms with E-state index < -0.39 is 17.7 Å². The van der Waals surface area contributed by atoms with Crippen molar-refractivity contribution in [2.24, 2.45) is 0 Å². The van der Waals surface area contributed by atoms with Gasteiger partial charge in [0.25, 0.3) is 5.78 Å². The van der Waals surface area contributed by atoms with Crippen LogP contribution >= 0.6 is 0 Å². The van der Waals surface area contributed by atoms with E-state index in [1.165, 1.54) is 4.90 Å². The van der Waals surface area contributed by atoms with Gasteiger partial charge in [0.05, 0.1) is 11.6 Å². The number of anilines is 1. The Morgan fingerprint density at radius 2 is 1.66 bits per heavy atom. The first kappa shape index (κ1) is 20.9. The number of ketones is 1. The molecule has 7 nitrogen and oxygen atoms in total. The summed E-state index contributed by atoms with van der Waals surface area (Å²) < 4.78 is 11.2. The van der Waals surface area contributed by atoms with Gasteiger partial charge in [0, 0.05) is 11.8 Å². The van der Waals surface area contributed by atoms with Crippen molar-refractivity contribution in [3.05, 3.63) is 102 Å². The molecule has 1 amide bonds. The molecule has 1 N–H and O–H groups in total. The average Bonchev–Trinajstić information content (AvgIpc) is 3.18. The molecule has 2 aliphatic rings. The lowest BCUT2D eigenvalue weighted by Gasteiger charge is -2.25. The van der Waals surface area contributed by atoms with Crippen LogP contribution in [0.5, 0.6) is 11.5 Å². The number of hydrogen-bond acceptors (Lipinski definition) is 6. The molecule has 4 aromatic rings. The number of benzene rings is 3. The van der Waals surface area contributed by atoms with Crippen LogP contribution in [0, 0.1) is 0 Å². The lowest BCUT2D eigenvalue weighted by molar-refractivity contribution is -0.132. The van der Waals surface area contributed by atoms with Crippen LogP contribution in [0.2, 0.25) is 0 Å². The number of Topliss-reactive ketones (excluding diaryl/α,β-unsaturated/α-hetero) is 1. The monoisotopic (exact) mass is 464 g/mol. The first-order valence-corrected chi connectivity index (χ1v) is 11.2. The summed E-state index contributed by atoms with van der Waals surface area (Å²) in [6.07, 6.45) is 1.57. The fourth-order valence-corrected chi connectivity index (χ4v) is 4.69. The zero-order valence-corrected chi connectivity index (χ0v) is 18.5. The smallest absolute Gasteiger partial charge is 0.301 e.